The number of benzene rings is 2. The first-order chi connectivity index (χ1) is 12.3. The molecule has 0 heterocycles. The molecule has 0 fully saturated rings. The number of methoxy groups -OCH3 is 1. The second kappa shape index (κ2) is 8.85. The highest BCUT2D eigenvalue weighted by molar-refractivity contribution is 9.10. The van der Waals surface area contributed by atoms with E-state index in [1.165, 1.54) is 0 Å². The number of nitrogens with zero attached hydrogens (tertiary/aromatic N) is 1. The molecule has 0 spiro atoms. The van der Waals surface area contributed by atoms with E-state index in [9.17, 15) is 9.59 Å². The predicted octanol–water partition coefficient (Wildman–Crippen LogP) is 4.12. The lowest BCUT2D eigenvalue weighted by Crippen LogP contribution is -2.28. The zero-order valence-corrected chi connectivity index (χ0v) is 16.7. The zero-order chi connectivity index (χ0) is 19.3. The summed E-state index contributed by atoms with van der Waals surface area (Å²) < 4.78 is 6.39. The lowest BCUT2D eigenvalue weighted by Gasteiger charge is -2.22. The average Bonchev–Trinajstić information content (AvgIpc) is 2.59. The summed E-state index contributed by atoms with van der Waals surface area (Å²) in [5.74, 6) is -0.221. The van der Waals surface area contributed by atoms with E-state index in [-0.39, 0.29) is 12.3 Å². The lowest BCUT2D eigenvalue weighted by atomic mass is 9.96. The van der Waals surface area contributed by atoms with Gasteiger partial charge in [-0.15, -0.1) is 0 Å². The molecule has 0 saturated heterocycles. The highest BCUT2D eigenvalue weighted by atomic mass is 79.9. The Morgan fingerprint density at radius 1 is 1.15 bits per heavy atom. The summed E-state index contributed by atoms with van der Waals surface area (Å²) in [6.07, 6.45) is -0.0607. The minimum absolute atomic E-state index is 0.00737. The Kier molecular flexibility index (Phi) is 6.80. The van der Waals surface area contributed by atoms with Gasteiger partial charge in [-0.1, -0.05) is 28.1 Å². The van der Waals surface area contributed by atoms with Gasteiger partial charge in [0.25, 0.3) is 0 Å². The third-order valence-electron chi connectivity index (χ3n) is 4.17. The number of amides is 1. The van der Waals surface area contributed by atoms with Gasteiger partial charge < -0.3 is 14.7 Å². The number of hydrogen-bond acceptors (Lipinski definition) is 3. The summed E-state index contributed by atoms with van der Waals surface area (Å²) in [6.45, 7) is 4.58. The summed E-state index contributed by atoms with van der Waals surface area (Å²) in [6, 6.07) is 11.2. The summed E-state index contributed by atoms with van der Waals surface area (Å²) in [5.41, 5.74) is 3.37. The van der Waals surface area contributed by atoms with Crippen molar-refractivity contribution in [1.82, 2.24) is 4.90 Å². The third-order valence-corrected chi connectivity index (χ3v) is 4.66. The Morgan fingerprint density at radius 3 is 2.46 bits per heavy atom. The molecule has 0 radical (unpaired) electrons. The van der Waals surface area contributed by atoms with Crippen LogP contribution in [0.1, 0.15) is 25.0 Å². The van der Waals surface area contributed by atoms with E-state index < -0.39 is 5.97 Å². The zero-order valence-electron chi connectivity index (χ0n) is 15.1. The smallest absolute Gasteiger partial charge is 0.307 e. The summed E-state index contributed by atoms with van der Waals surface area (Å²) in [5, 5.41) is 9.08. The number of hydrogen-bond donors (Lipinski definition) is 1. The Balaban J connectivity index is 2.57. The molecule has 0 aliphatic carbocycles. The normalized spacial score (nSPS) is 10.5. The van der Waals surface area contributed by atoms with Gasteiger partial charge in [-0.05, 0) is 47.9 Å². The highest BCUT2D eigenvalue weighted by Crippen LogP contribution is 2.35. The van der Waals surface area contributed by atoms with Gasteiger partial charge in [-0.25, -0.2) is 0 Å². The Morgan fingerprint density at radius 2 is 1.88 bits per heavy atom. The largest absolute Gasteiger partial charge is 0.496 e. The molecule has 26 heavy (non-hydrogen) atoms. The molecular formula is C20H22BrNO4. The van der Waals surface area contributed by atoms with Crippen molar-refractivity contribution in [2.24, 2.45) is 0 Å². The number of carbonyl (C=O) groups excluding carboxylic acids is 1. The van der Waals surface area contributed by atoms with Crippen molar-refractivity contribution in [3.63, 3.8) is 0 Å². The minimum Gasteiger partial charge on any atom is -0.496 e. The van der Waals surface area contributed by atoms with Crippen LogP contribution in [-0.2, 0) is 22.6 Å². The predicted molar refractivity (Wildman–Crippen MR) is 104 cm³/mol. The standard InChI is InChI=1S/C20H22BrNO4/c1-4-22(13(2)23)12-15-6-7-16(21)11-17(15)18-9-14(10-20(24)25)5-8-19(18)26-3/h5-9,11H,4,10,12H2,1-3H3,(H,24,25). The number of ether oxygens (including phenoxy) is 1. The first-order valence-corrected chi connectivity index (χ1v) is 9.08. The van der Waals surface area contributed by atoms with E-state index in [0.717, 1.165) is 21.2 Å². The van der Waals surface area contributed by atoms with E-state index in [2.05, 4.69) is 15.9 Å². The second-order valence-corrected chi connectivity index (χ2v) is 6.86. The number of carboxylic acids is 1. The van der Waals surface area contributed by atoms with Crippen LogP contribution in [-0.4, -0.2) is 35.5 Å². The van der Waals surface area contributed by atoms with E-state index in [1.807, 2.05) is 31.2 Å². The molecule has 2 rings (SSSR count). The van der Waals surface area contributed by atoms with Gasteiger partial charge >= 0.3 is 5.97 Å². The summed E-state index contributed by atoms with van der Waals surface area (Å²) in [4.78, 5) is 24.6. The minimum atomic E-state index is -0.885. The maximum atomic E-state index is 11.8. The topological polar surface area (TPSA) is 66.8 Å². The molecule has 1 N–H and O–H groups in total. The number of carbonyl (C=O) groups is 2. The van der Waals surface area contributed by atoms with E-state index in [0.29, 0.717) is 24.4 Å². The highest BCUT2D eigenvalue weighted by Gasteiger charge is 2.16. The third kappa shape index (κ3) is 4.85. The molecule has 0 aliphatic rings. The Labute approximate surface area is 161 Å². The van der Waals surface area contributed by atoms with Crippen LogP contribution in [0.15, 0.2) is 40.9 Å². The van der Waals surface area contributed by atoms with Crippen molar-refractivity contribution < 1.29 is 19.4 Å². The van der Waals surface area contributed by atoms with Crippen molar-refractivity contribution in [3.8, 4) is 16.9 Å². The van der Waals surface area contributed by atoms with Crippen molar-refractivity contribution >= 4 is 27.8 Å². The fourth-order valence-corrected chi connectivity index (χ4v) is 3.20. The molecule has 0 aromatic heterocycles. The van der Waals surface area contributed by atoms with Crippen LogP contribution < -0.4 is 4.74 Å². The molecule has 2 aromatic carbocycles. The molecule has 0 aliphatic heterocycles. The number of carboxylic acid groups (broad SMARTS) is 1. The first kappa shape index (κ1) is 20.0. The van der Waals surface area contributed by atoms with Gasteiger partial charge in [0, 0.05) is 30.0 Å². The SMILES string of the molecule is CCN(Cc1ccc(Br)cc1-c1cc(CC(=O)O)ccc1OC)C(C)=O. The maximum Gasteiger partial charge on any atom is 0.307 e. The fourth-order valence-electron chi connectivity index (χ4n) is 2.84. The number of rotatable bonds is 7. The molecule has 2 aromatic rings. The molecule has 5 nitrogen and oxygen atoms in total. The van der Waals surface area contributed by atoms with Gasteiger partial charge in [0.15, 0.2) is 0 Å². The van der Waals surface area contributed by atoms with Crippen molar-refractivity contribution in [3.05, 3.63) is 52.0 Å². The van der Waals surface area contributed by atoms with Crippen molar-refractivity contribution in [1.29, 1.82) is 0 Å². The van der Waals surface area contributed by atoms with Crippen LogP contribution in [0.2, 0.25) is 0 Å². The molecule has 6 heteroatoms. The monoisotopic (exact) mass is 419 g/mol. The van der Waals surface area contributed by atoms with Crippen LogP contribution in [0.3, 0.4) is 0 Å². The molecule has 0 atom stereocenters. The van der Waals surface area contributed by atoms with Gasteiger partial charge in [0.05, 0.1) is 13.5 Å². The molecule has 138 valence electrons. The number of halogens is 1. The van der Waals surface area contributed by atoms with Crippen molar-refractivity contribution in [2.45, 2.75) is 26.8 Å². The maximum absolute atomic E-state index is 11.8. The number of aliphatic carboxylic acids is 1. The Bertz CT molecular complexity index is 819. The van der Waals surface area contributed by atoms with Gasteiger partial charge in [0.1, 0.15) is 5.75 Å². The summed E-state index contributed by atoms with van der Waals surface area (Å²) >= 11 is 3.50. The summed E-state index contributed by atoms with van der Waals surface area (Å²) in [7, 11) is 1.58. The first-order valence-electron chi connectivity index (χ1n) is 8.28. The van der Waals surface area contributed by atoms with E-state index >= 15 is 0 Å². The molecular weight excluding hydrogens is 398 g/mol. The van der Waals surface area contributed by atoms with E-state index in [1.54, 1.807) is 31.1 Å². The molecule has 0 saturated carbocycles. The lowest BCUT2D eigenvalue weighted by molar-refractivity contribution is -0.136. The van der Waals surface area contributed by atoms with Crippen LogP contribution in [0, 0.1) is 0 Å². The van der Waals surface area contributed by atoms with Crippen LogP contribution in [0.5, 0.6) is 5.75 Å². The van der Waals surface area contributed by atoms with Crippen LogP contribution >= 0.6 is 15.9 Å². The van der Waals surface area contributed by atoms with Gasteiger partial charge in [0.2, 0.25) is 5.91 Å². The van der Waals surface area contributed by atoms with Gasteiger partial charge in [-0.3, -0.25) is 9.59 Å². The van der Waals surface area contributed by atoms with E-state index in [4.69, 9.17) is 9.84 Å². The Hall–Kier alpha value is -2.34. The fraction of sp³-hybridized carbons (Fsp3) is 0.300. The molecule has 0 unspecified atom stereocenters. The van der Waals surface area contributed by atoms with Crippen molar-refractivity contribution in [2.75, 3.05) is 13.7 Å². The quantitative estimate of drug-likeness (QED) is 0.732. The second-order valence-electron chi connectivity index (χ2n) is 5.94. The molecule has 0 bridgehead atoms. The molecule has 1 amide bonds. The van der Waals surface area contributed by atoms with Gasteiger partial charge in [-0.2, -0.15) is 0 Å². The average molecular weight is 420 g/mol. The van der Waals surface area contributed by atoms with Crippen LogP contribution in [0.4, 0.5) is 0 Å². The van der Waals surface area contributed by atoms with Crippen LogP contribution in [0.25, 0.3) is 11.1 Å².